The van der Waals surface area contributed by atoms with Crippen LogP contribution in [0, 0.1) is 0 Å². The molecule has 1 heterocycles. The van der Waals surface area contributed by atoms with Gasteiger partial charge in [0.2, 0.25) is 0 Å². The van der Waals surface area contributed by atoms with Crippen molar-refractivity contribution >= 4 is 17.6 Å². The highest BCUT2D eigenvalue weighted by Gasteiger charge is 2.03. The van der Waals surface area contributed by atoms with Crippen LogP contribution in [-0.4, -0.2) is 6.29 Å². The van der Waals surface area contributed by atoms with Crippen molar-refractivity contribution in [3.63, 3.8) is 0 Å². The van der Waals surface area contributed by atoms with Crippen LogP contribution >= 0.6 is 11.3 Å². The molecule has 1 nitrogen and oxygen atoms in total. The summed E-state index contributed by atoms with van der Waals surface area (Å²) in [5.74, 6) is 0. The van der Waals surface area contributed by atoms with Crippen LogP contribution in [0.25, 0.3) is 11.1 Å². The fourth-order valence-corrected chi connectivity index (χ4v) is 1.55. The predicted octanol–water partition coefficient (Wildman–Crippen LogP) is 3.23. The summed E-state index contributed by atoms with van der Waals surface area (Å²) in [6.45, 7) is 0. The summed E-state index contributed by atoms with van der Waals surface area (Å²) in [7, 11) is 0. The molecule has 2 aliphatic rings. The summed E-state index contributed by atoms with van der Waals surface area (Å²) in [6.07, 6.45) is 0.852. The molecule has 13 heavy (non-hydrogen) atoms. The molecule has 3 rings (SSSR count). The van der Waals surface area contributed by atoms with Crippen molar-refractivity contribution in [2.45, 2.75) is 0 Å². The first-order valence-corrected chi connectivity index (χ1v) is 4.87. The second-order valence-corrected chi connectivity index (χ2v) is 3.69. The lowest BCUT2D eigenvalue weighted by atomic mass is 9.95. The fraction of sp³-hybridized carbons (Fsp3) is 0. The van der Waals surface area contributed by atoms with E-state index in [9.17, 15) is 4.79 Å². The fourth-order valence-electron chi connectivity index (χ4n) is 1.02. The molecule has 0 fully saturated rings. The van der Waals surface area contributed by atoms with Crippen molar-refractivity contribution in [2.75, 3.05) is 0 Å². The van der Waals surface area contributed by atoms with E-state index < -0.39 is 0 Å². The molecule has 0 N–H and O–H groups in total. The van der Waals surface area contributed by atoms with Gasteiger partial charge in [-0.05, 0) is 22.6 Å². The van der Waals surface area contributed by atoms with E-state index in [0.717, 1.165) is 11.2 Å². The molecular weight excluding hydrogens is 180 g/mol. The first kappa shape index (κ1) is 8.20. The Kier molecular flexibility index (Phi) is 2.23. The standard InChI is InChI=1S/C6H4.C5H4OS/c1-2-6-4-3-5(1)6;6-4-5-2-1-3-7-5/h1-4H;1-4H. The minimum atomic E-state index is 0.792. The van der Waals surface area contributed by atoms with E-state index in [-0.39, 0.29) is 0 Å². The molecule has 0 bridgehead atoms. The van der Waals surface area contributed by atoms with Crippen molar-refractivity contribution in [1.29, 1.82) is 0 Å². The van der Waals surface area contributed by atoms with Crippen LogP contribution in [0.5, 0.6) is 0 Å². The highest BCUT2D eigenvalue weighted by atomic mass is 32.1. The Balaban J connectivity index is 0.000000101. The first-order valence-electron chi connectivity index (χ1n) is 3.99. The van der Waals surface area contributed by atoms with Gasteiger partial charge in [-0.15, -0.1) is 11.3 Å². The van der Waals surface area contributed by atoms with Gasteiger partial charge < -0.3 is 0 Å². The van der Waals surface area contributed by atoms with E-state index in [0.29, 0.717) is 0 Å². The van der Waals surface area contributed by atoms with E-state index in [2.05, 4.69) is 24.3 Å². The van der Waals surface area contributed by atoms with Crippen LogP contribution < -0.4 is 0 Å². The van der Waals surface area contributed by atoms with Crippen LogP contribution in [0.4, 0.5) is 0 Å². The Morgan fingerprint density at radius 2 is 1.62 bits per heavy atom. The molecule has 0 saturated carbocycles. The zero-order chi connectivity index (χ0) is 9.10. The summed E-state index contributed by atoms with van der Waals surface area (Å²) >= 11 is 1.45. The lowest BCUT2D eigenvalue weighted by Crippen LogP contribution is -1.85. The Labute approximate surface area is 80.7 Å². The predicted molar refractivity (Wildman–Crippen MR) is 55.1 cm³/mol. The molecule has 0 unspecified atom stereocenters. The molecule has 2 heteroatoms. The maximum Gasteiger partial charge on any atom is 0.159 e. The second kappa shape index (κ2) is 3.54. The quantitative estimate of drug-likeness (QED) is 0.536. The molecule has 0 saturated heterocycles. The van der Waals surface area contributed by atoms with Crippen LogP contribution in [0.3, 0.4) is 0 Å². The molecule has 1 aromatic rings. The molecule has 64 valence electrons. The normalized spacial score (nSPS) is 9.85. The van der Waals surface area contributed by atoms with E-state index in [1.54, 1.807) is 6.07 Å². The highest BCUT2D eigenvalue weighted by molar-refractivity contribution is 7.11. The van der Waals surface area contributed by atoms with Gasteiger partial charge in [0.15, 0.2) is 6.29 Å². The van der Waals surface area contributed by atoms with Gasteiger partial charge in [0.05, 0.1) is 4.88 Å². The third-order valence-electron chi connectivity index (χ3n) is 1.88. The van der Waals surface area contributed by atoms with Crippen molar-refractivity contribution in [2.24, 2.45) is 0 Å². The summed E-state index contributed by atoms with van der Waals surface area (Å²) in [5.41, 5.74) is 2.85. The molecular formula is C11H8OS. The minimum Gasteiger partial charge on any atom is -0.297 e. The number of aldehydes is 1. The Bertz CT molecular complexity index is 366. The maximum atomic E-state index is 9.88. The molecule has 0 amide bonds. The second-order valence-electron chi connectivity index (χ2n) is 2.71. The van der Waals surface area contributed by atoms with E-state index in [4.69, 9.17) is 0 Å². The minimum absolute atomic E-state index is 0.792. The van der Waals surface area contributed by atoms with E-state index >= 15 is 0 Å². The van der Waals surface area contributed by atoms with Crippen molar-refractivity contribution < 1.29 is 4.79 Å². The number of hydrogen-bond acceptors (Lipinski definition) is 2. The van der Waals surface area contributed by atoms with Crippen molar-refractivity contribution in [1.82, 2.24) is 0 Å². The number of rotatable bonds is 1. The zero-order valence-corrected chi connectivity index (χ0v) is 7.75. The smallest absolute Gasteiger partial charge is 0.159 e. The van der Waals surface area contributed by atoms with Crippen molar-refractivity contribution in [3.8, 4) is 11.1 Å². The monoisotopic (exact) mass is 188 g/mol. The number of hydrogen-bond donors (Lipinski definition) is 0. The van der Waals surface area contributed by atoms with E-state index in [1.807, 2.05) is 11.4 Å². The van der Waals surface area contributed by atoms with Crippen LogP contribution in [-0.2, 0) is 0 Å². The van der Waals surface area contributed by atoms with Gasteiger partial charge in [0, 0.05) is 0 Å². The van der Waals surface area contributed by atoms with Gasteiger partial charge in [0.1, 0.15) is 0 Å². The molecule has 0 aliphatic heterocycles. The van der Waals surface area contributed by atoms with Crippen LogP contribution in [0.15, 0.2) is 41.8 Å². The maximum absolute atomic E-state index is 9.88. The van der Waals surface area contributed by atoms with Crippen LogP contribution in [0.1, 0.15) is 9.67 Å². The SMILES string of the molecule is O=Cc1cccs1.c1cc2ccc1-2. The lowest BCUT2D eigenvalue weighted by Gasteiger charge is -2.10. The summed E-state index contributed by atoms with van der Waals surface area (Å²) in [4.78, 5) is 10.7. The summed E-state index contributed by atoms with van der Waals surface area (Å²) in [5, 5.41) is 1.88. The lowest BCUT2D eigenvalue weighted by molar-refractivity contribution is 0.112. The average molecular weight is 188 g/mol. The zero-order valence-electron chi connectivity index (χ0n) is 6.94. The molecule has 1 aromatic heterocycles. The third-order valence-corrected chi connectivity index (χ3v) is 2.68. The Morgan fingerprint density at radius 3 is 1.77 bits per heavy atom. The average Bonchev–Trinajstić information content (AvgIpc) is 2.64. The van der Waals surface area contributed by atoms with Crippen molar-refractivity contribution in [3.05, 3.63) is 46.7 Å². The number of thiophene rings is 1. The van der Waals surface area contributed by atoms with Gasteiger partial charge in [-0.2, -0.15) is 0 Å². The Morgan fingerprint density at radius 1 is 1.00 bits per heavy atom. The van der Waals surface area contributed by atoms with Gasteiger partial charge >= 0.3 is 0 Å². The number of carbonyl (C=O) groups excluding carboxylic acids is 1. The third kappa shape index (κ3) is 1.68. The molecule has 0 aromatic carbocycles. The molecule has 0 spiro atoms. The number of fused-ring (bicyclic) bond motifs is 1. The first-order chi connectivity index (χ1) is 6.40. The highest BCUT2D eigenvalue weighted by Crippen LogP contribution is 2.29. The summed E-state index contributed by atoms with van der Waals surface area (Å²) < 4.78 is 0. The van der Waals surface area contributed by atoms with Gasteiger partial charge in [-0.25, -0.2) is 0 Å². The topological polar surface area (TPSA) is 17.1 Å². The van der Waals surface area contributed by atoms with Crippen LogP contribution in [0.2, 0.25) is 0 Å². The largest absolute Gasteiger partial charge is 0.297 e. The Hall–Kier alpha value is -1.41. The number of benzene rings is 1. The molecule has 2 aliphatic carbocycles. The van der Waals surface area contributed by atoms with Gasteiger partial charge in [-0.3, -0.25) is 4.79 Å². The number of carbonyl (C=O) groups is 1. The summed E-state index contributed by atoms with van der Waals surface area (Å²) in [6, 6.07) is 12.1. The molecule has 0 atom stereocenters. The van der Waals surface area contributed by atoms with Gasteiger partial charge in [-0.1, -0.05) is 30.3 Å². The van der Waals surface area contributed by atoms with Gasteiger partial charge in [0.25, 0.3) is 0 Å². The molecule has 0 radical (unpaired) electrons. The van der Waals surface area contributed by atoms with E-state index in [1.165, 1.54) is 22.5 Å².